The Morgan fingerprint density at radius 3 is 2.35 bits per heavy atom. The van der Waals surface area contributed by atoms with Gasteiger partial charge in [-0.15, -0.1) is 0 Å². The minimum Gasteiger partial charge on any atom is -0.494 e. The first-order valence-corrected chi connectivity index (χ1v) is 14.9. The summed E-state index contributed by atoms with van der Waals surface area (Å²) in [5.74, 6) is 2.03. The second-order valence-corrected chi connectivity index (χ2v) is 11.7. The van der Waals surface area contributed by atoms with E-state index in [1.165, 1.54) is 12.1 Å². The van der Waals surface area contributed by atoms with Crippen LogP contribution in [0.5, 0.6) is 17.2 Å². The molecule has 4 aromatic rings. The van der Waals surface area contributed by atoms with Crippen molar-refractivity contribution in [3.63, 3.8) is 0 Å². The normalized spacial score (nSPS) is 15.2. The second-order valence-electron chi connectivity index (χ2n) is 9.35. The Kier molecular flexibility index (Phi) is 7.20. The summed E-state index contributed by atoms with van der Waals surface area (Å²) in [6, 6.07) is 19.5. The van der Waals surface area contributed by atoms with Crippen LogP contribution >= 0.6 is 11.6 Å². The quantitative estimate of drug-likeness (QED) is 0.287. The van der Waals surface area contributed by atoms with Crippen LogP contribution in [0.15, 0.2) is 81.1 Å². The van der Waals surface area contributed by atoms with Crippen molar-refractivity contribution in [2.45, 2.75) is 16.8 Å². The smallest absolute Gasteiger partial charge is 0.236 e. The van der Waals surface area contributed by atoms with Crippen LogP contribution in [0, 0.1) is 0 Å². The summed E-state index contributed by atoms with van der Waals surface area (Å²) in [5.41, 5.74) is 1.66. The molecule has 6 rings (SSSR count). The number of hydrogen-bond acceptors (Lipinski definition) is 9. The Balaban J connectivity index is 1.35. The van der Waals surface area contributed by atoms with Gasteiger partial charge in [0.1, 0.15) is 19.0 Å². The minimum atomic E-state index is -4.07. The number of oxazole rings is 1. The lowest BCUT2D eigenvalue weighted by Crippen LogP contribution is -2.46. The van der Waals surface area contributed by atoms with Crippen molar-refractivity contribution < 1.29 is 27.0 Å². The summed E-state index contributed by atoms with van der Waals surface area (Å²) < 4.78 is 51.0. The van der Waals surface area contributed by atoms with E-state index in [2.05, 4.69) is 9.88 Å². The molecule has 0 amide bonds. The number of sulfone groups is 1. The Hall–Kier alpha value is -3.89. The molecule has 0 N–H and O–H groups in total. The molecular weight excluding hydrogens is 554 g/mol. The lowest BCUT2D eigenvalue weighted by atomic mass is 10.2. The second kappa shape index (κ2) is 10.9. The molecule has 0 aliphatic carbocycles. The monoisotopic (exact) mass is 581 g/mol. The van der Waals surface area contributed by atoms with E-state index in [0.717, 1.165) is 5.69 Å². The average Bonchev–Trinajstić information content (AvgIpc) is 3.44. The van der Waals surface area contributed by atoms with Gasteiger partial charge in [0.15, 0.2) is 11.5 Å². The lowest BCUT2D eigenvalue weighted by molar-refractivity contribution is 0.171. The van der Waals surface area contributed by atoms with Gasteiger partial charge in [-0.3, -0.25) is 0 Å². The molecule has 3 aromatic carbocycles. The van der Waals surface area contributed by atoms with Gasteiger partial charge < -0.3 is 28.4 Å². The van der Waals surface area contributed by atoms with Crippen molar-refractivity contribution in [2.24, 2.45) is 0 Å². The number of aromatic nitrogens is 1. The third-order valence-electron chi connectivity index (χ3n) is 6.81. The number of hydrogen-bond donors (Lipinski definition) is 0. The third kappa shape index (κ3) is 5.16. The van der Waals surface area contributed by atoms with Crippen LogP contribution < -0.4 is 24.0 Å². The molecule has 0 spiro atoms. The number of piperazine rings is 1. The summed E-state index contributed by atoms with van der Waals surface area (Å²) >= 11 is 6.20. The molecular formula is C29H28ClN3O6S. The highest BCUT2D eigenvalue weighted by molar-refractivity contribution is 7.91. The van der Waals surface area contributed by atoms with Crippen LogP contribution in [-0.4, -0.2) is 59.4 Å². The maximum Gasteiger partial charge on any atom is 0.236 e. The largest absolute Gasteiger partial charge is 0.494 e. The SMILES string of the molecule is CCOc1ccc(-c2nc(S(=O)(=O)c3ccc4c(c3)OCCO4)c(N3CCN(c4cccc(Cl)c4)CC3)o2)cc1. The third-order valence-corrected chi connectivity index (χ3v) is 8.70. The van der Waals surface area contributed by atoms with Crippen LogP contribution in [0.4, 0.5) is 11.6 Å². The van der Waals surface area contributed by atoms with Crippen LogP contribution in [0.1, 0.15) is 6.92 Å². The van der Waals surface area contributed by atoms with Crippen molar-refractivity contribution in [1.82, 2.24) is 4.98 Å². The van der Waals surface area contributed by atoms with E-state index < -0.39 is 9.84 Å². The standard InChI is InChI=1S/C29H28ClN3O6S/c1-2-36-23-8-6-20(7-9-23)27-31-28(40(34,35)24-10-11-25-26(19-24)38-17-16-37-25)29(39-27)33-14-12-32(13-15-33)22-5-3-4-21(30)18-22/h3-11,18-19H,2,12-17H2,1H3. The molecule has 11 heteroatoms. The van der Waals surface area contributed by atoms with Gasteiger partial charge in [0.25, 0.3) is 0 Å². The van der Waals surface area contributed by atoms with Crippen LogP contribution in [0.25, 0.3) is 11.5 Å². The van der Waals surface area contributed by atoms with E-state index in [-0.39, 0.29) is 21.7 Å². The molecule has 2 aliphatic heterocycles. The molecule has 2 aliphatic rings. The first kappa shape index (κ1) is 26.3. The van der Waals surface area contributed by atoms with E-state index in [9.17, 15) is 8.42 Å². The van der Waals surface area contributed by atoms with Gasteiger partial charge in [-0.05, 0) is 61.5 Å². The van der Waals surface area contributed by atoms with Crippen LogP contribution in [0.3, 0.4) is 0 Å². The molecule has 3 heterocycles. The Morgan fingerprint density at radius 1 is 0.900 bits per heavy atom. The van der Waals surface area contributed by atoms with E-state index in [1.807, 2.05) is 48.2 Å². The van der Waals surface area contributed by atoms with E-state index in [4.69, 9.17) is 30.2 Å². The number of fused-ring (bicyclic) bond motifs is 1. The van der Waals surface area contributed by atoms with Gasteiger partial charge in [-0.1, -0.05) is 17.7 Å². The Labute approximate surface area is 237 Å². The van der Waals surface area contributed by atoms with E-state index >= 15 is 0 Å². The van der Waals surface area contributed by atoms with Crippen LogP contribution in [0.2, 0.25) is 5.02 Å². The highest BCUT2D eigenvalue weighted by atomic mass is 35.5. The van der Waals surface area contributed by atoms with Crippen LogP contribution in [-0.2, 0) is 9.84 Å². The zero-order valence-electron chi connectivity index (χ0n) is 21.9. The first-order valence-electron chi connectivity index (χ1n) is 13.1. The van der Waals surface area contributed by atoms with Gasteiger partial charge >= 0.3 is 0 Å². The van der Waals surface area contributed by atoms with Crippen molar-refractivity contribution in [2.75, 3.05) is 55.8 Å². The van der Waals surface area contributed by atoms with Crippen molar-refractivity contribution in [3.8, 4) is 28.7 Å². The Bertz CT molecular complexity index is 1620. The molecule has 0 radical (unpaired) electrons. The number of halogens is 1. The molecule has 9 nitrogen and oxygen atoms in total. The highest BCUT2D eigenvalue weighted by Gasteiger charge is 2.34. The topological polar surface area (TPSA) is 94.3 Å². The van der Waals surface area contributed by atoms with E-state index in [0.29, 0.717) is 73.8 Å². The fourth-order valence-corrected chi connectivity index (χ4v) is 6.32. The predicted octanol–water partition coefficient (Wildman–Crippen LogP) is 5.32. The highest BCUT2D eigenvalue weighted by Crippen LogP contribution is 2.39. The summed E-state index contributed by atoms with van der Waals surface area (Å²) in [6.45, 7) is 5.61. The summed E-state index contributed by atoms with van der Waals surface area (Å²) in [6.07, 6.45) is 0. The lowest BCUT2D eigenvalue weighted by Gasteiger charge is -2.36. The number of anilines is 2. The Morgan fingerprint density at radius 2 is 1.62 bits per heavy atom. The molecule has 1 saturated heterocycles. The fourth-order valence-electron chi connectivity index (χ4n) is 4.80. The van der Waals surface area contributed by atoms with Crippen molar-refractivity contribution in [1.29, 1.82) is 0 Å². The maximum absolute atomic E-state index is 14.0. The van der Waals surface area contributed by atoms with Gasteiger partial charge in [0.05, 0.1) is 11.5 Å². The number of benzene rings is 3. The molecule has 0 saturated carbocycles. The molecule has 0 atom stereocenters. The summed E-state index contributed by atoms with van der Waals surface area (Å²) in [5, 5.41) is 0.534. The van der Waals surface area contributed by atoms with E-state index in [1.54, 1.807) is 18.2 Å². The number of rotatable bonds is 7. The number of nitrogens with zero attached hydrogens (tertiary/aromatic N) is 3. The molecule has 40 heavy (non-hydrogen) atoms. The predicted molar refractivity (Wildman–Crippen MR) is 152 cm³/mol. The average molecular weight is 582 g/mol. The van der Waals surface area contributed by atoms with Gasteiger partial charge in [-0.2, -0.15) is 4.98 Å². The summed E-state index contributed by atoms with van der Waals surface area (Å²) in [4.78, 5) is 8.73. The fraction of sp³-hybridized carbons (Fsp3) is 0.276. The zero-order valence-corrected chi connectivity index (χ0v) is 23.5. The molecule has 208 valence electrons. The van der Waals surface area contributed by atoms with Crippen molar-refractivity contribution in [3.05, 3.63) is 71.8 Å². The first-order chi connectivity index (χ1) is 19.4. The number of ether oxygens (including phenoxy) is 3. The maximum atomic E-state index is 14.0. The van der Waals surface area contributed by atoms with Gasteiger partial charge in [-0.25, -0.2) is 8.42 Å². The van der Waals surface area contributed by atoms with Gasteiger partial charge in [0, 0.05) is 48.5 Å². The molecule has 0 bridgehead atoms. The molecule has 1 fully saturated rings. The summed E-state index contributed by atoms with van der Waals surface area (Å²) in [7, 11) is -4.07. The molecule has 1 aromatic heterocycles. The minimum absolute atomic E-state index is 0.0575. The van der Waals surface area contributed by atoms with Gasteiger partial charge in [0.2, 0.25) is 26.6 Å². The zero-order chi connectivity index (χ0) is 27.7. The van der Waals surface area contributed by atoms with Crippen molar-refractivity contribution >= 4 is 33.0 Å². The molecule has 0 unspecified atom stereocenters.